The van der Waals surface area contributed by atoms with Crippen molar-refractivity contribution in [2.24, 2.45) is 0 Å². The molecule has 0 saturated carbocycles. The molecule has 1 saturated heterocycles. The van der Waals surface area contributed by atoms with Crippen molar-refractivity contribution in [1.29, 1.82) is 5.41 Å². The molecule has 1 fully saturated rings. The third-order valence-corrected chi connectivity index (χ3v) is 6.44. The second-order valence-electron chi connectivity index (χ2n) is 7.50. The number of thiophene rings is 1. The number of ether oxygens (including phenoxy) is 4. The highest BCUT2D eigenvalue weighted by molar-refractivity contribution is 7.16. The van der Waals surface area contributed by atoms with Gasteiger partial charge in [0, 0.05) is 31.1 Å². The molecule has 0 amide bonds. The zero-order valence-corrected chi connectivity index (χ0v) is 19.7. The smallest absolute Gasteiger partial charge is 0.348 e. The molecule has 2 aromatic heterocycles. The summed E-state index contributed by atoms with van der Waals surface area (Å²) in [5.74, 6) is 0.796. The number of fused-ring (bicyclic) bond motifs is 1. The molecule has 0 unspecified atom stereocenters. The second kappa shape index (κ2) is 10.8. The zero-order chi connectivity index (χ0) is 23.2. The van der Waals surface area contributed by atoms with Gasteiger partial charge in [-0.25, -0.2) is 9.78 Å². The van der Waals surface area contributed by atoms with E-state index in [1.807, 2.05) is 6.07 Å². The van der Waals surface area contributed by atoms with Gasteiger partial charge in [-0.1, -0.05) is 0 Å². The molecule has 0 spiro atoms. The first kappa shape index (κ1) is 23.2. The van der Waals surface area contributed by atoms with E-state index in [1.54, 1.807) is 43.1 Å². The van der Waals surface area contributed by atoms with Crippen LogP contribution in [0.25, 0.3) is 15.9 Å². The summed E-state index contributed by atoms with van der Waals surface area (Å²) in [6.07, 6.45) is 2.48. The fraction of sp³-hybridized carbons (Fsp3) is 0.435. The number of benzene rings is 1. The molecule has 176 valence electrons. The average Bonchev–Trinajstić information content (AvgIpc) is 3.33. The largest absolute Gasteiger partial charge is 0.493 e. The Balaban J connectivity index is 1.51. The Bertz CT molecular complexity index is 1170. The number of carbonyl (C=O) groups excluding carboxylic acids is 1. The Morgan fingerprint density at radius 2 is 2.06 bits per heavy atom. The van der Waals surface area contributed by atoms with Gasteiger partial charge in [0.15, 0.2) is 11.5 Å². The molecule has 1 aliphatic rings. The Morgan fingerprint density at radius 1 is 1.24 bits per heavy atom. The summed E-state index contributed by atoms with van der Waals surface area (Å²) in [4.78, 5) is 19.4. The van der Waals surface area contributed by atoms with Gasteiger partial charge in [-0.15, -0.1) is 11.3 Å². The van der Waals surface area contributed by atoms with Crippen molar-refractivity contribution < 1.29 is 23.7 Å². The van der Waals surface area contributed by atoms with Crippen LogP contribution < -0.4 is 15.0 Å². The van der Waals surface area contributed by atoms with Gasteiger partial charge in [-0.05, 0) is 31.5 Å². The highest BCUT2D eigenvalue weighted by atomic mass is 32.1. The van der Waals surface area contributed by atoms with Crippen LogP contribution in [0.2, 0.25) is 0 Å². The molecule has 1 N–H and O–H groups in total. The minimum absolute atomic E-state index is 0.245. The van der Waals surface area contributed by atoms with E-state index in [1.165, 1.54) is 11.3 Å². The maximum absolute atomic E-state index is 12.0. The van der Waals surface area contributed by atoms with Crippen molar-refractivity contribution in [3.63, 3.8) is 0 Å². The summed E-state index contributed by atoms with van der Waals surface area (Å²) >= 11 is 1.26. The molecule has 0 aliphatic carbocycles. The maximum atomic E-state index is 12.0. The number of nitrogens with one attached hydrogen (secondary N) is 1. The topological polar surface area (TPSA) is 98.9 Å². The van der Waals surface area contributed by atoms with Gasteiger partial charge in [0.05, 0.1) is 39.1 Å². The summed E-state index contributed by atoms with van der Waals surface area (Å²) in [5, 5.41) is 10.0. The molecule has 0 bridgehead atoms. The Labute approximate surface area is 196 Å². The minimum atomic E-state index is -0.369. The van der Waals surface area contributed by atoms with Crippen LogP contribution in [0.4, 0.5) is 0 Å². The summed E-state index contributed by atoms with van der Waals surface area (Å²) in [7, 11) is 1.58. The lowest BCUT2D eigenvalue weighted by molar-refractivity contribution is 0.0357. The number of rotatable bonds is 9. The van der Waals surface area contributed by atoms with Gasteiger partial charge in [0.2, 0.25) is 0 Å². The van der Waals surface area contributed by atoms with Crippen LogP contribution in [-0.2, 0) is 9.47 Å². The highest BCUT2D eigenvalue weighted by Gasteiger charge is 2.15. The third kappa shape index (κ3) is 5.35. The van der Waals surface area contributed by atoms with Gasteiger partial charge in [0.25, 0.3) is 0 Å². The lowest BCUT2D eigenvalue weighted by Crippen LogP contribution is -2.37. The number of esters is 1. The Morgan fingerprint density at radius 3 is 2.82 bits per heavy atom. The van der Waals surface area contributed by atoms with Gasteiger partial charge in [0.1, 0.15) is 21.7 Å². The van der Waals surface area contributed by atoms with Crippen molar-refractivity contribution >= 4 is 28.2 Å². The number of hydrogen-bond acceptors (Lipinski definition) is 9. The summed E-state index contributed by atoms with van der Waals surface area (Å²) in [5.41, 5.74) is 0.886. The van der Waals surface area contributed by atoms with E-state index in [2.05, 4.69) is 9.88 Å². The Hall–Kier alpha value is -2.95. The number of carbonyl (C=O) groups is 1. The van der Waals surface area contributed by atoms with Crippen LogP contribution in [0.3, 0.4) is 0 Å². The molecular formula is C23H28N4O5S. The number of nitrogens with zero attached hydrogens (tertiary/aromatic N) is 3. The van der Waals surface area contributed by atoms with E-state index in [-0.39, 0.29) is 11.5 Å². The summed E-state index contributed by atoms with van der Waals surface area (Å²) < 4.78 is 23.6. The van der Waals surface area contributed by atoms with Crippen molar-refractivity contribution in [1.82, 2.24) is 14.5 Å². The first-order chi connectivity index (χ1) is 16.1. The fourth-order valence-electron chi connectivity index (χ4n) is 3.66. The normalized spacial score (nSPS) is 14.4. The van der Waals surface area contributed by atoms with Crippen LogP contribution in [0, 0.1) is 5.41 Å². The average molecular weight is 473 g/mol. The molecule has 3 heterocycles. The minimum Gasteiger partial charge on any atom is -0.493 e. The summed E-state index contributed by atoms with van der Waals surface area (Å²) in [6, 6.07) is 7.07. The Kier molecular flexibility index (Phi) is 7.58. The maximum Gasteiger partial charge on any atom is 0.348 e. The molecule has 1 aliphatic heterocycles. The molecule has 3 aromatic rings. The number of methoxy groups -OCH3 is 1. The third-order valence-electron chi connectivity index (χ3n) is 5.38. The van der Waals surface area contributed by atoms with Gasteiger partial charge >= 0.3 is 5.97 Å². The van der Waals surface area contributed by atoms with Crippen LogP contribution >= 0.6 is 11.3 Å². The van der Waals surface area contributed by atoms with E-state index in [0.29, 0.717) is 45.5 Å². The van der Waals surface area contributed by atoms with E-state index >= 15 is 0 Å². The van der Waals surface area contributed by atoms with Crippen LogP contribution in [0.15, 0.2) is 30.6 Å². The van der Waals surface area contributed by atoms with E-state index < -0.39 is 0 Å². The first-order valence-electron chi connectivity index (χ1n) is 10.9. The molecule has 9 nitrogen and oxygen atoms in total. The van der Waals surface area contributed by atoms with Crippen LogP contribution in [0.1, 0.15) is 23.0 Å². The van der Waals surface area contributed by atoms with Crippen molar-refractivity contribution in [2.75, 3.05) is 53.2 Å². The lowest BCUT2D eigenvalue weighted by Gasteiger charge is -2.26. The predicted molar refractivity (Wildman–Crippen MR) is 125 cm³/mol. The molecule has 0 atom stereocenters. The molecule has 1 aromatic carbocycles. The van der Waals surface area contributed by atoms with E-state index in [9.17, 15) is 4.79 Å². The van der Waals surface area contributed by atoms with Gasteiger partial charge < -0.3 is 18.9 Å². The quantitative estimate of drug-likeness (QED) is 0.378. The van der Waals surface area contributed by atoms with Crippen molar-refractivity contribution in [3.05, 3.63) is 41.0 Å². The molecular weight excluding hydrogens is 444 g/mol. The van der Waals surface area contributed by atoms with E-state index in [4.69, 9.17) is 24.4 Å². The number of hydrogen-bond donors (Lipinski definition) is 1. The SMILES string of the molecule is CCOC(=O)c1ccc(-n2cnc3cc(OCCCN4CCOCC4)c(OC)cc3c2=N)s1. The molecule has 10 heteroatoms. The van der Waals surface area contributed by atoms with Crippen LogP contribution in [-0.4, -0.2) is 73.6 Å². The van der Waals surface area contributed by atoms with Gasteiger partial charge in [-0.3, -0.25) is 14.9 Å². The second-order valence-corrected chi connectivity index (χ2v) is 8.56. The standard InChI is InChI=1S/C23H28N4O5S/c1-3-31-23(28)20-5-6-21(33-20)27-15-25-17-14-19(18(29-2)13-16(17)22(27)24)32-10-4-7-26-8-11-30-12-9-26/h5-6,13-15,24H,3-4,7-12H2,1-2H3. The van der Waals surface area contributed by atoms with E-state index in [0.717, 1.165) is 39.3 Å². The van der Waals surface area contributed by atoms with Crippen molar-refractivity contribution in [3.8, 4) is 16.5 Å². The summed E-state index contributed by atoms with van der Waals surface area (Å²) in [6.45, 7) is 7.10. The molecule has 4 rings (SSSR count). The van der Waals surface area contributed by atoms with Crippen molar-refractivity contribution in [2.45, 2.75) is 13.3 Å². The zero-order valence-electron chi connectivity index (χ0n) is 18.8. The van der Waals surface area contributed by atoms with Gasteiger partial charge in [-0.2, -0.15) is 0 Å². The monoisotopic (exact) mass is 472 g/mol. The first-order valence-corrected chi connectivity index (χ1v) is 11.8. The molecule has 0 radical (unpaired) electrons. The number of aromatic nitrogens is 2. The predicted octanol–water partition coefficient (Wildman–Crippen LogP) is 2.85. The molecule has 33 heavy (non-hydrogen) atoms. The highest BCUT2D eigenvalue weighted by Crippen LogP contribution is 2.31. The fourth-order valence-corrected chi connectivity index (χ4v) is 4.53. The lowest BCUT2D eigenvalue weighted by atomic mass is 10.2. The van der Waals surface area contributed by atoms with Crippen LogP contribution in [0.5, 0.6) is 11.5 Å². The number of morpholine rings is 1.